The maximum absolute atomic E-state index is 11.6. The van der Waals surface area contributed by atoms with Gasteiger partial charge in [-0.1, -0.05) is 0 Å². The standard InChI is InChI=1S/C12H20N2O2/c1-13(2)11(16)6-10-7-12(9-15)4-3-5-14(12)8-10/h6,15H,3-5,7-9H2,1-2H3/b10-6-/t12-/m0/s1. The molecule has 0 aromatic rings. The second-order valence-corrected chi connectivity index (χ2v) is 5.12. The monoisotopic (exact) mass is 224 g/mol. The van der Waals surface area contributed by atoms with E-state index < -0.39 is 0 Å². The van der Waals surface area contributed by atoms with Crippen LogP contribution in [0.4, 0.5) is 0 Å². The molecule has 1 atom stereocenters. The normalized spacial score (nSPS) is 32.1. The summed E-state index contributed by atoms with van der Waals surface area (Å²) in [6.45, 7) is 2.11. The average molecular weight is 224 g/mol. The molecule has 2 fully saturated rings. The Morgan fingerprint density at radius 1 is 1.62 bits per heavy atom. The third-order valence-corrected chi connectivity index (χ3v) is 3.75. The largest absolute Gasteiger partial charge is 0.394 e. The molecule has 0 bridgehead atoms. The Morgan fingerprint density at radius 3 is 2.94 bits per heavy atom. The fraction of sp³-hybridized carbons (Fsp3) is 0.750. The molecule has 90 valence electrons. The summed E-state index contributed by atoms with van der Waals surface area (Å²) in [5.74, 6) is 0.0456. The minimum absolute atomic E-state index is 0.0456. The predicted octanol–water partition coefficient (Wildman–Crippen LogP) is 0.232. The van der Waals surface area contributed by atoms with E-state index in [0.717, 1.165) is 37.9 Å². The van der Waals surface area contributed by atoms with E-state index in [1.54, 1.807) is 25.1 Å². The van der Waals surface area contributed by atoms with Crippen LogP contribution in [0.2, 0.25) is 0 Å². The summed E-state index contributed by atoms with van der Waals surface area (Å²) in [4.78, 5) is 15.5. The average Bonchev–Trinajstić information content (AvgIpc) is 2.73. The quantitative estimate of drug-likeness (QED) is 0.683. The Morgan fingerprint density at radius 2 is 2.38 bits per heavy atom. The van der Waals surface area contributed by atoms with E-state index in [1.165, 1.54) is 0 Å². The molecule has 2 aliphatic heterocycles. The molecule has 2 saturated heterocycles. The van der Waals surface area contributed by atoms with Gasteiger partial charge in [-0.25, -0.2) is 0 Å². The van der Waals surface area contributed by atoms with Gasteiger partial charge in [-0.15, -0.1) is 0 Å². The first-order valence-corrected chi connectivity index (χ1v) is 5.84. The number of likely N-dealkylation sites (N-methyl/N-ethyl adjacent to an activating group) is 1. The molecule has 0 aromatic carbocycles. The van der Waals surface area contributed by atoms with E-state index in [0.29, 0.717) is 0 Å². The molecule has 4 nitrogen and oxygen atoms in total. The van der Waals surface area contributed by atoms with Gasteiger partial charge in [0, 0.05) is 32.3 Å². The van der Waals surface area contributed by atoms with Crippen LogP contribution in [0.15, 0.2) is 11.6 Å². The molecule has 4 heteroatoms. The van der Waals surface area contributed by atoms with E-state index in [1.807, 2.05) is 0 Å². The molecule has 0 spiro atoms. The van der Waals surface area contributed by atoms with Crippen LogP contribution in [-0.4, -0.2) is 60.1 Å². The molecule has 16 heavy (non-hydrogen) atoms. The van der Waals surface area contributed by atoms with Crippen molar-refractivity contribution in [3.8, 4) is 0 Å². The Kier molecular flexibility index (Phi) is 3.04. The van der Waals surface area contributed by atoms with Gasteiger partial charge in [-0.2, -0.15) is 0 Å². The van der Waals surface area contributed by atoms with Crippen LogP contribution in [-0.2, 0) is 4.79 Å². The number of aliphatic hydroxyl groups is 1. The van der Waals surface area contributed by atoms with Gasteiger partial charge in [0.2, 0.25) is 5.91 Å². The third kappa shape index (κ3) is 1.87. The molecule has 0 aliphatic carbocycles. The van der Waals surface area contributed by atoms with Gasteiger partial charge in [0.25, 0.3) is 0 Å². The highest BCUT2D eigenvalue weighted by Crippen LogP contribution is 2.40. The predicted molar refractivity (Wildman–Crippen MR) is 62.0 cm³/mol. The van der Waals surface area contributed by atoms with Crippen molar-refractivity contribution in [1.82, 2.24) is 9.80 Å². The van der Waals surface area contributed by atoms with Crippen molar-refractivity contribution in [3.05, 3.63) is 11.6 Å². The first-order valence-electron chi connectivity index (χ1n) is 5.84. The van der Waals surface area contributed by atoms with Crippen LogP contribution in [0, 0.1) is 0 Å². The van der Waals surface area contributed by atoms with Crippen molar-refractivity contribution >= 4 is 5.91 Å². The zero-order valence-corrected chi connectivity index (χ0v) is 10.1. The number of nitrogens with zero attached hydrogens (tertiary/aromatic N) is 2. The van der Waals surface area contributed by atoms with Crippen LogP contribution < -0.4 is 0 Å². The lowest BCUT2D eigenvalue weighted by Crippen LogP contribution is -2.41. The van der Waals surface area contributed by atoms with Crippen molar-refractivity contribution in [1.29, 1.82) is 0 Å². The lowest BCUT2D eigenvalue weighted by atomic mass is 9.93. The lowest BCUT2D eigenvalue weighted by Gasteiger charge is -2.28. The number of hydrogen-bond acceptors (Lipinski definition) is 3. The zero-order valence-electron chi connectivity index (χ0n) is 10.1. The fourth-order valence-electron chi connectivity index (χ4n) is 2.80. The van der Waals surface area contributed by atoms with Gasteiger partial charge in [0.1, 0.15) is 0 Å². The highest BCUT2D eigenvalue weighted by atomic mass is 16.3. The molecule has 1 amide bonds. The van der Waals surface area contributed by atoms with Gasteiger partial charge in [0.15, 0.2) is 0 Å². The molecule has 0 unspecified atom stereocenters. The topological polar surface area (TPSA) is 43.8 Å². The van der Waals surface area contributed by atoms with E-state index in [-0.39, 0.29) is 18.1 Å². The van der Waals surface area contributed by atoms with Gasteiger partial charge < -0.3 is 10.0 Å². The van der Waals surface area contributed by atoms with Crippen LogP contribution in [0.1, 0.15) is 19.3 Å². The molecular weight excluding hydrogens is 204 g/mol. The zero-order chi connectivity index (χ0) is 11.8. The van der Waals surface area contributed by atoms with E-state index in [9.17, 15) is 9.90 Å². The highest BCUT2D eigenvalue weighted by molar-refractivity contribution is 5.88. The van der Waals surface area contributed by atoms with Gasteiger partial charge in [-0.05, 0) is 31.4 Å². The van der Waals surface area contributed by atoms with Crippen molar-refractivity contribution in [3.63, 3.8) is 0 Å². The second-order valence-electron chi connectivity index (χ2n) is 5.12. The summed E-state index contributed by atoms with van der Waals surface area (Å²) in [6, 6.07) is 0. The number of carbonyl (C=O) groups is 1. The molecule has 2 aliphatic rings. The smallest absolute Gasteiger partial charge is 0.246 e. The Bertz CT molecular complexity index is 325. The molecule has 0 aromatic heterocycles. The van der Waals surface area contributed by atoms with Crippen LogP contribution in [0.25, 0.3) is 0 Å². The SMILES string of the molecule is CN(C)C(=O)/C=C1\CN2CCC[C@@]2(CO)C1. The summed E-state index contributed by atoms with van der Waals surface area (Å²) >= 11 is 0. The number of rotatable bonds is 2. The highest BCUT2D eigenvalue weighted by Gasteiger charge is 2.45. The minimum Gasteiger partial charge on any atom is -0.394 e. The molecule has 0 saturated carbocycles. The Balaban J connectivity index is 2.10. The Hall–Kier alpha value is -0.870. The van der Waals surface area contributed by atoms with Crippen LogP contribution in [0.3, 0.4) is 0 Å². The van der Waals surface area contributed by atoms with E-state index >= 15 is 0 Å². The molecular formula is C12H20N2O2. The summed E-state index contributed by atoms with van der Waals surface area (Å²) in [5.41, 5.74) is 1.10. The first kappa shape index (κ1) is 11.6. The van der Waals surface area contributed by atoms with Crippen molar-refractivity contribution < 1.29 is 9.90 Å². The number of aliphatic hydroxyl groups excluding tert-OH is 1. The third-order valence-electron chi connectivity index (χ3n) is 3.75. The summed E-state index contributed by atoms with van der Waals surface area (Å²) in [7, 11) is 3.52. The summed E-state index contributed by atoms with van der Waals surface area (Å²) in [6.07, 6.45) is 4.80. The molecule has 1 N–H and O–H groups in total. The van der Waals surface area contributed by atoms with Crippen molar-refractivity contribution in [2.24, 2.45) is 0 Å². The van der Waals surface area contributed by atoms with Crippen LogP contribution >= 0.6 is 0 Å². The van der Waals surface area contributed by atoms with E-state index in [2.05, 4.69) is 4.90 Å². The maximum atomic E-state index is 11.6. The first-order chi connectivity index (χ1) is 7.57. The number of amides is 1. The Labute approximate surface area is 96.5 Å². The van der Waals surface area contributed by atoms with E-state index in [4.69, 9.17) is 0 Å². The molecule has 2 rings (SSSR count). The minimum atomic E-state index is -0.0571. The lowest BCUT2D eigenvalue weighted by molar-refractivity contribution is -0.123. The number of hydrogen-bond donors (Lipinski definition) is 1. The van der Waals surface area contributed by atoms with Gasteiger partial charge in [-0.3, -0.25) is 9.69 Å². The van der Waals surface area contributed by atoms with Crippen LogP contribution in [0.5, 0.6) is 0 Å². The molecule has 2 heterocycles. The van der Waals surface area contributed by atoms with Crippen molar-refractivity contribution in [2.45, 2.75) is 24.8 Å². The van der Waals surface area contributed by atoms with Crippen molar-refractivity contribution in [2.75, 3.05) is 33.8 Å². The number of carbonyl (C=O) groups excluding carboxylic acids is 1. The second kappa shape index (κ2) is 4.18. The molecule has 0 radical (unpaired) electrons. The number of fused-ring (bicyclic) bond motifs is 1. The maximum Gasteiger partial charge on any atom is 0.246 e. The van der Waals surface area contributed by atoms with Gasteiger partial charge >= 0.3 is 0 Å². The summed E-state index contributed by atoms with van der Waals surface area (Å²) in [5, 5.41) is 9.52. The van der Waals surface area contributed by atoms with Gasteiger partial charge in [0.05, 0.1) is 6.61 Å². The fourth-order valence-corrected chi connectivity index (χ4v) is 2.80. The summed E-state index contributed by atoms with van der Waals surface area (Å²) < 4.78 is 0.